The Morgan fingerprint density at radius 1 is 1.57 bits per heavy atom. The van der Waals surface area contributed by atoms with Gasteiger partial charge in [0.1, 0.15) is 0 Å². The molecule has 9 heteroatoms. The van der Waals surface area contributed by atoms with Crippen LogP contribution in [-0.4, -0.2) is 20.8 Å². The minimum atomic E-state index is -0.352. The van der Waals surface area contributed by atoms with Crippen LogP contribution in [0.2, 0.25) is 5.02 Å². The maximum atomic E-state index is 11.9. The standard InChI is InChI=1S/C12H13BrClN5OS/c1-2-19-9(17-18-12(19)21)6-15-11(20)16-8-5-3-4-7(14)10(8)13/h3-5H,2,6H2,1H3,(H,18,21)(H2,15,16,20). The van der Waals surface area contributed by atoms with Crippen molar-refractivity contribution in [3.8, 4) is 0 Å². The smallest absolute Gasteiger partial charge is 0.319 e. The van der Waals surface area contributed by atoms with E-state index in [9.17, 15) is 4.79 Å². The van der Waals surface area contributed by atoms with Crippen molar-refractivity contribution in [2.24, 2.45) is 0 Å². The van der Waals surface area contributed by atoms with Gasteiger partial charge in [0.25, 0.3) is 0 Å². The summed E-state index contributed by atoms with van der Waals surface area (Å²) in [5, 5.41) is 12.7. The number of rotatable bonds is 4. The molecule has 2 amide bonds. The third-order valence-electron chi connectivity index (χ3n) is 2.76. The monoisotopic (exact) mass is 389 g/mol. The minimum absolute atomic E-state index is 0.269. The summed E-state index contributed by atoms with van der Waals surface area (Å²) in [7, 11) is 0. The molecule has 0 spiro atoms. The lowest BCUT2D eigenvalue weighted by Gasteiger charge is -2.10. The fraction of sp³-hybridized carbons (Fsp3) is 0.250. The van der Waals surface area contributed by atoms with Gasteiger partial charge in [-0.3, -0.25) is 5.10 Å². The number of hydrogen-bond donors (Lipinski definition) is 3. The third-order valence-corrected chi connectivity index (χ3v) is 4.47. The van der Waals surface area contributed by atoms with Gasteiger partial charge in [0, 0.05) is 6.54 Å². The van der Waals surface area contributed by atoms with Gasteiger partial charge in [0.05, 0.1) is 21.7 Å². The molecule has 0 fully saturated rings. The number of benzene rings is 1. The van der Waals surface area contributed by atoms with Crippen molar-refractivity contribution >= 4 is 51.5 Å². The van der Waals surface area contributed by atoms with E-state index < -0.39 is 0 Å². The molecule has 2 aromatic rings. The molecule has 0 aliphatic heterocycles. The fourth-order valence-corrected chi connectivity index (χ4v) is 2.56. The summed E-state index contributed by atoms with van der Waals surface area (Å²) in [6.07, 6.45) is 0. The number of anilines is 1. The van der Waals surface area contributed by atoms with Crippen LogP contribution in [0.25, 0.3) is 0 Å². The highest BCUT2D eigenvalue weighted by molar-refractivity contribution is 9.10. The molecule has 112 valence electrons. The molecular formula is C12H13BrClN5OS. The van der Waals surface area contributed by atoms with E-state index in [0.29, 0.717) is 32.3 Å². The Morgan fingerprint density at radius 2 is 2.33 bits per heavy atom. The first kappa shape index (κ1) is 16.0. The fourth-order valence-electron chi connectivity index (χ4n) is 1.74. The van der Waals surface area contributed by atoms with Crippen LogP contribution in [0.4, 0.5) is 10.5 Å². The van der Waals surface area contributed by atoms with E-state index in [1.54, 1.807) is 18.2 Å². The minimum Gasteiger partial charge on any atom is -0.331 e. The zero-order chi connectivity index (χ0) is 15.4. The molecule has 0 unspecified atom stereocenters. The van der Waals surface area contributed by atoms with Crippen LogP contribution < -0.4 is 10.6 Å². The van der Waals surface area contributed by atoms with Crippen LogP contribution in [0.1, 0.15) is 12.7 Å². The molecule has 21 heavy (non-hydrogen) atoms. The summed E-state index contributed by atoms with van der Waals surface area (Å²) in [5.41, 5.74) is 0.592. The Kier molecular flexibility index (Phi) is 5.38. The van der Waals surface area contributed by atoms with Crippen molar-refractivity contribution in [3.05, 3.63) is 38.3 Å². The molecule has 0 aliphatic carbocycles. The van der Waals surface area contributed by atoms with E-state index in [4.69, 9.17) is 23.8 Å². The van der Waals surface area contributed by atoms with Gasteiger partial charge < -0.3 is 15.2 Å². The number of amides is 2. The topological polar surface area (TPSA) is 74.7 Å². The number of nitrogens with zero attached hydrogens (tertiary/aromatic N) is 2. The molecule has 3 N–H and O–H groups in total. The summed E-state index contributed by atoms with van der Waals surface area (Å²) in [6, 6.07) is 4.88. The van der Waals surface area contributed by atoms with Gasteiger partial charge in [-0.2, -0.15) is 5.10 Å². The molecule has 0 bridgehead atoms. The maximum Gasteiger partial charge on any atom is 0.319 e. The van der Waals surface area contributed by atoms with Crippen molar-refractivity contribution in [1.29, 1.82) is 0 Å². The highest BCUT2D eigenvalue weighted by Gasteiger charge is 2.09. The predicted octanol–water partition coefficient (Wildman–Crippen LogP) is 3.70. The Labute approximate surface area is 140 Å². The third kappa shape index (κ3) is 3.84. The summed E-state index contributed by atoms with van der Waals surface area (Å²) in [6.45, 7) is 2.91. The maximum absolute atomic E-state index is 11.9. The zero-order valence-electron chi connectivity index (χ0n) is 11.1. The number of urea groups is 1. The highest BCUT2D eigenvalue weighted by Crippen LogP contribution is 2.29. The molecule has 1 aromatic carbocycles. The molecule has 1 heterocycles. The van der Waals surface area contributed by atoms with Gasteiger partial charge in [0.15, 0.2) is 10.6 Å². The lowest BCUT2D eigenvalue weighted by Crippen LogP contribution is -2.29. The number of carbonyl (C=O) groups excluding carboxylic acids is 1. The number of halogens is 2. The van der Waals surface area contributed by atoms with Gasteiger partial charge in [0.2, 0.25) is 0 Å². The van der Waals surface area contributed by atoms with Crippen LogP contribution in [0.5, 0.6) is 0 Å². The average Bonchev–Trinajstić information content (AvgIpc) is 2.82. The second kappa shape index (κ2) is 7.06. The molecule has 0 saturated carbocycles. The number of aromatic nitrogens is 3. The first-order valence-electron chi connectivity index (χ1n) is 6.16. The zero-order valence-corrected chi connectivity index (χ0v) is 14.3. The summed E-state index contributed by atoms with van der Waals surface area (Å²) >= 11 is 14.4. The van der Waals surface area contributed by atoms with Crippen LogP contribution >= 0.6 is 39.7 Å². The second-order valence-electron chi connectivity index (χ2n) is 4.10. The van der Waals surface area contributed by atoms with Gasteiger partial charge in [-0.25, -0.2) is 4.79 Å². The van der Waals surface area contributed by atoms with Crippen LogP contribution in [0.15, 0.2) is 22.7 Å². The van der Waals surface area contributed by atoms with Crippen molar-refractivity contribution in [1.82, 2.24) is 20.1 Å². The molecule has 0 aliphatic rings. The first-order valence-corrected chi connectivity index (χ1v) is 7.73. The molecule has 2 rings (SSSR count). The Morgan fingerprint density at radius 3 is 3.05 bits per heavy atom. The van der Waals surface area contributed by atoms with E-state index in [0.717, 1.165) is 0 Å². The Hall–Kier alpha value is -1.38. The summed E-state index contributed by atoms with van der Waals surface area (Å²) in [5.74, 6) is 0.669. The summed E-state index contributed by atoms with van der Waals surface area (Å²) in [4.78, 5) is 11.9. The van der Waals surface area contributed by atoms with Crippen molar-refractivity contribution in [2.45, 2.75) is 20.0 Å². The summed E-state index contributed by atoms with van der Waals surface area (Å²) < 4.78 is 2.98. The molecular weight excluding hydrogens is 378 g/mol. The van der Waals surface area contributed by atoms with E-state index in [1.807, 2.05) is 11.5 Å². The van der Waals surface area contributed by atoms with E-state index in [2.05, 4.69) is 36.8 Å². The van der Waals surface area contributed by atoms with Gasteiger partial charge in [-0.1, -0.05) is 17.7 Å². The van der Waals surface area contributed by atoms with E-state index in [1.165, 1.54) is 0 Å². The molecule has 0 saturated heterocycles. The van der Waals surface area contributed by atoms with Crippen molar-refractivity contribution in [3.63, 3.8) is 0 Å². The molecule has 0 atom stereocenters. The lowest BCUT2D eigenvalue weighted by atomic mass is 10.3. The second-order valence-corrected chi connectivity index (χ2v) is 5.69. The largest absolute Gasteiger partial charge is 0.331 e. The van der Waals surface area contributed by atoms with Crippen molar-refractivity contribution < 1.29 is 4.79 Å². The van der Waals surface area contributed by atoms with E-state index >= 15 is 0 Å². The van der Waals surface area contributed by atoms with Crippen LogP contribution in [0, 0.1) is 4.77 Å². The van der Waals surface area contributed by atoms with Crippen molar-refractivity contribution in [2.75, 3.05) is 5.32 Å². The van der Waals surface area contributed by atoms with Gasteiger partial charge in [-0.15, -0.1) is 0 Å². The van der Waals surface area contributed by atoms with Crippen LogP contribution in [0.3, 0.4) is 0 Å². The highest BCUT2D eigenvalue weighted by atomic mass is 79.9. The number of nitrogens with one attached hydrogen (secondary N) is 3. The first-order chi connectivity index (χ1) is 10.0. The lowest BCUT2D eigenvalue weighted by molar-refractivity contribution is 0.251. The molecule has 0 radical (unpaired) electrons. The molecule has 6 nitrogen and oxygen atoms in total. The number of carbonyl (C=O) groups is 1. The van der Waals surface area contributed by atoms with Gasteiger partial charge in [-0.05, 0) is 47.2 Å². The molecule has 1 aromatic heterocycles. The average molecular weight is 391 g/mol. The van der Waals surface area contributed by atoms with E-state index in [-0.39, 0.29) is 12.6 Å². The van der Waals surface area contributed by atoms with Gasteiger partial charge >= 0.3 is 6.03 Å². The Bertz CT molecular complexity index is 714. The number of aromatic amines is 1. The van der Waals surface area contributed by atoms with Crippen LogP contribution in [-0.2, 0) is 13.1 Å². The SMILES string of the molecule is CCn1c(CNC(=O)Nc2cccc(Cl)c2Br)n[nH]c1=S. The normalized spacial score (nSPS) is 10.4. The Balaban J connectivity index is 1.99. The predicted molar refractivity (Wildman–Crippen MR) is 88.1 cm³/mol. The number of hydrogen-bond acceptors (Lipinski definition) is 3. The number of H-pyrrole nitrogens is 1. The quantitative estimate of drug-likeness (QED) is 0.697.